The highest BCUT2D eigenvalue weighted by atomic mass is 32.2. The number of hydrogen-bond acceptors (Lipinski definition) is 2. The van der Waals surface area contributed by atoms with E-state index in [2.05, 4.69) is 4.72 Å². The van der Waals surface area contributed by atoms with Gasteiger partial charge < -0.3 is 0 Å². The lowest BCUT2D eigenvalue weighted by Gasteiger charge is -2.10. The number of benzene rings is 2. The molecule has 0 amide bonds. The number of alkyl halides is 3. The summed E-state index contributed by atoms with van der Waals surface area (Å²) in [6.45, 7) is 5.68. The monoisotopic (exact) mass is 369 g/mol. The van der Waals surface area contributed by atoms with Crippen LogP contribution in [-0.4, -0.2) is 8.42 Å². The molecule has 0 bridgehead atoms. The number of anilines is 1. The van der Waals surface area contributed by atoms with Crippen LogP contribution in [0.1, 0.15) is 27.8 Å². The molecule has 0 saturated carbocycles. The third kappa shape index (κ3) is 5.09. The van der Waals surface area contributed by atoms with E-state index >= 15 is 0 Å². The van der Waals surface area contributed by atoms with E-state index in [0.717, 1.165) is 45.9 Å². The average Bonchev–Trinajstić information content (AvgIpc) is 2.44. The molecule has 0 radical (unpaired) electrons. The third-order valence-corrected chi connectivity index (χ3v) is 4.62. The number of sulfonamides is 1. The normalized spacial score (nSPS) is 12.6. The summed E-state index contributed by atoms with van der Waals surface area (Å²) < 4.78 is 64.5. The third-order valence-electron chi connectivity index (χ3n) is 3.60. The molecule has 0 aliphatic carbocycles. The standard InChI is InChI=1S/C18H18F3NO2S/c1-12-9-13(2)17(14(3)10-12)7-8-25(23,24)22-16-6-4-5-15(11-16)18(19,20)21/h4-11,22H,1-3H3. The molecule has 25 heavy (non-hydrogen) atoms. The minimum absolute atomic E-state index is 0.142. The van der Waals surface area contributed by atoms with Crippen molar-refractivity contribution in [1.82, 2.24) is 0 Å². The molecule has 0 aliphatic rings. The number of nitrogens with one attached hydrogen (secondary N) is 1. The molecule has 0 heterocycles. The maximum Gasteiger partial charge on any atom is 0.416 e. The summed E-state index contributed by atoms with van der Waals surface area (Å²) in [4.78, 5) is 0. The lowest BCUT2D eigenvalue weighted by Crippen LogP contribution is -2.11. The highest BCUT2D eigenvalue weighted by Crippen LogP contribution is 2.31. The minimum Gasteiger partial charge on any atom is -0.280 e. The van der Waals surface area contributed by atoms with Crippen LogP contribution in [0.3, 0.4) is 0 Å². The number of halogens is 3. The Labute approximate surface area is 145 Å². The van der Waals surface area contributed by atoms with Crippen LogP contribution in [0.2, 0.25) is 0 Å². The van der Waals surface area contributed by atoms with E-state index in [1.807, 2.05) is 32.9 Å². The minimum atomic E-state index is -4.53. The fourth-order valence-electron chi connectivity index (χ4n) is 2.57. The van der Waals surface area contributed by atoms with Crippen LogP contribution in [0.5, 0.6) is 0 Å². The largest absolute Gasteiger partial charge is 0.416 e. The lowest BCUT2D eigenvalue weighted by molar-refractivity contribution is -0.137. The van der Waals surface area contributed by atoms with E-state index in [1.54, 1.807) is 0 Å². The zero-order valence-electron chi connectivity index (χ0n) is 14.0. The van der Waals surface area contributed by atoms with E-state index in [-0.39, 0.29) is 5.69 Å². The zero-order chi connectivity index (χ0) is 18.8. The Balaban J connectivity index is 2.26. The van der Waals surface area contributed by atoms with Crippen LogP contribution < -0.4 is 4.72 Å². The van der Waals surface area contributed by atoms with Crippen LogP contribution in [0.4, 0.5) is 18.9 Å². The fourth-order valence-corrected chi connectivity index (χ4v) is 3.41. The molecule has 0 spiro atoms. The van der Waals surface area contributed by atoms with Gasteiger partial charge in [0.2, 0.25) is 0 Å². The highest BCUT2D eigenvalue weighted by molar-refractivity contribution is 7.95. The van der Waals surface area contributed by atoms with Crippen LogP contribution in [-0.2, 0) is 16.2 Å². The maximum atomic E-state index is 12.7. The van der Waals surface area contributed by atoms with Gasteiger partial charge in [-0.05, 0) is 61.7 Å². The Hall–Kier alpha value is -2.28. The number of aryl methyl sites for hydroxylation is 3. The van der Waals surface area contributed by atoms with Gasteiger partial charge in [0.1, 0.15) is 0 Å². The summed E-state index contributed by atoms with van der Waals surface area (Å²) in [5, 5.41) is 0.956. The summed E-state index contributed by atoms with van der Waals surface area (Å²) in [6.07, 6.45) is -3.09. The molecule has 0 unspecified atom stereocenters. The van der Waals surface area contributed by atoms with Crippen molar-refractivity contribution in [3.63, 3.8) is 0 Å². The van der Waals surface area contributed by atoms with E-state index in [0.29, 0.717) is 0 Å². The molecule has 2 aromatic rings. The summed E-state index contributed by atoms with van der Waals surface area (Å²) in [6, 6.07) is 7.92. The molecule has 3 nitrogen and oxygen atoms in total. The van der Waals surface area contributed by atoms with Crippen molar-refractivity contribution in [2.75, 3.05) is 4.72 Å². The van der Waals surface area contributed by atoms with Gasteiger partial charge in [0, 0.05) is 5.69 Å². The first kappa shape index (κ1) is 19.1. The van der Waals surface area contributed by atoms with Gasteiger partial charge in [-0.25, -0.2) is 8.42 Å². The van der Waals surface area contributed by atoms with Crippen molar-refractivity contribution in [2.45, 2.75) is 26.9 Å². The van der Waals surface area contributed by atoms with Gasteiger partial charge in [-0.15, -0.1) is 0 Å². The summed E-state index contributed by atoms with van der Waals surface area (Å²) in [5.41, 5.74) is 2.61. The van der Waals surface area contributed by atoms with Crippen molar-refractivity contribution < 1.29 is 21.6 Å². The first-order valence-electron chi connectivity index (χ1n) is 7.44. The van der Waals surface area contributed by atoms with Crippen molar-refractivity contribution >= 4 is 21.8 Å². The zero-order valence-corrected chi connectivity index (χ0v) is 14.8. The SMILES string of the molecule is Cc1cc(C)c(C=CS(=O)(=O)Nc2cccc(C(F)(F)F)c2)c(C)c1. The van der Waals surface area contributed by atoms with Gasteiger partial charge in [0.05, 0.1) is 11.0 Å². The summed E-state index contributed by atoms with van der Waals surface area (Å²) in [5.74, 6) is 0. The van der Waals surface area contributed by atoms with Crippen molar-refractivity contribution in [3.05, 3.63) is 69.6 Å². The molecule has 2 rings (SSSR count). The molecule has 0 aromatic heterocycles. The smallest absolute Gasteiger partial charge is 0.280 e. The fraction of sp³-hybridized carbons (Fsp3) is 0.222. The topological polar surface area (TPSA) is 46.2 Å². The van der Waals surface area contributed by atoms with E-state index < -0.39 is 21.8 Å². The van der Waals surface area contributed by atoms with E-state index in [9.17, 15) is 21.6 Å². The first-order chi connectivity index (χ1) is 11.5. The van der Waals surface area contributed by atoms with Gasteiger partial charge in [-0.1, -0.05) is 23.8 Å². The quantitative estimate of drug-likeness (QED) is 0.820. The van der Waals surface area contributed by atoms with Crippen LogP contribution >= 0.6 is 0 Å². The molecule has 0 fully saturated rings. The Morgan fingerprint density at radius 1 is 1.00 bits per heavy atom. The molecule has 0 aliphatic heterocycles. The molecule has 134 valence electrons. The molecule has 1 N–H and O–H groups in total. The van der Waals surface area contributed by atoms with Crippen molar-refractivity contribution in [3.8, 4) is 0 Å². The molecule has 0 atom stereocenters. The van der Waals surface area contributed by atoms with E-state index in [1.165, 1.54) is 12.1 Å². The lowest BCUT2D eigenvalue weighted by atomic mass is 10.0. The number of rotatable bonds is 4. The Morgan fingerprint density at radius 3 is 2.16 bits per heavy atom. The second-order valence-electron chi connectivity index (χ2n) is 5.84. The maximum absolute atomic E-state index is 12.7. The predicted octanol–water partition coefficient (Wildman–Crippen LogP) is 5.04. The van der Waals surface area contributed by atoms with Crippen molar-refractivity contribution in [1.29, 1.82) is 0 Å². The van der Waals surface area contributed by atoms with Gasteiger partial charge >= 0.3 is 6.18 Å². The van der Waals surface area contributed by atoms with E-state index in [4.69, 9.17) is 0 Å². The van der Waals surface area contributed by atoms with Crippen LogP contribution in [0, 0.1) is 20.8 Å². The van der Waals surface area contributed by atoms with Gasteiger partial charge in [0.15, 0.2) is 0 Å². The predicted molar refractivity (Wildman–Crippen MR) is 93.7 cm³/mol. The van der Waals surface area contributed by atoms with Crippen LogP contribution in [0.25, 0.3) is 6.08 Å². The summed E-state index contributed by atoms with van der Waals surface area (Å²) >= 11 is 0. The Morgan fingerprint density at radius 2 is 1.60 bits per heavy atom. The van der Waals surface area contributed by atoms with Gasteiger partial charge in [0.25, 0.3) is 10.0 Å². The van der Waals surface area contributed by atoms with Gasteiger partial charge in [-0.3, -0.25) is 4.72 Å². The molecular formula is C18H18F3NO2S. The summed E-state index contributed by atoms with van der Waals surface area (Å²) in [7, 11) is -3.94. The second kappa shape index (κ2) is 6.92. The van der Waals surface area contributed by atoms with Gasteiger partial charge in [-0.2, -0.15) is 13.2 Å². The molecule has 7 heteroatoms. The first-order valence-corrected chi connectivity index (χ1v) is 8.98. The average molecular weight is 369 g/mol. The highest BCUT2D eigenvalue weighted by Gasteiger charge is 2.30. The second-order valence-corrected chi connectivity index (χ2v) is 7.41. The Kier molecular flexibility index (Phi) is 5.27. The molecule has 2 aromatic carbocycles. The van der Waals surface area contributed by atoms with Crippen LogP contribution in [0.15, 0.2) is 41.8 Å². The molecule has 0 saturated heterocycles. The molecular weight excluding hydrogens is 351 g/mol. The van der Waals surface area contributed by atoms with Crippen molar-refractivity contribution in [2.24, 2.45) is 0 Å². The number of hydrogen-bond donors (Lipinski definition) is 1. The Bertz CT molecular complexity index is 893.